The Morgan fingerprint density at radius 3 is 2.29 bits per heavy atom. The molecule has 1 fully saturated rings. The summed E-state index contributed by atoms with van der Waals surface area (Å²) in [4.78, 5) is 16.5. The molecule has 1 unspecified atom stereocenters. The van der Waals surface area contributed by atoms with Crippen molar-refractivity contribution >= 4 is 11.7 Å². The zero-order valence-electron chi connectivity index (χ0n) is 13.8. The predicted octanol–water partition coefficient (Wildman–Crippen LogP) is 3.42. The van der Waals surface area contributed by atoms with Gasteiger partial charge in [0.25, 0.3) is 0 Å². The molecule has 0 radical (unpaired) electrons. The van der Waals surface area contributed by atoms with Crippen molar-refractivity contribution in [3.8, 4) is 0 Å². The summed E-state index contributed by atoms with van der Waals surface area (Å²) in [6, 6.07) is 16.2. The van der Waals surface area contributed by atoms with Crippen molar-refractivity contribution in [1.29, 1.82) is 0 Å². The number of halogens is 1. The van der Waals surface area contributed by atoms with Crippen molar-refractivity contribution in [2.75, 3.05) is 31.1 Å². The summed E-state index contributed by atoms with van der Waals surface area (Å²) in [6.45, 7) is 4.71. The lowest BCUT2D eigenvalue weighted by atomic mass is 10.1. The van der Waals surface area contributed by atoms with Crippen LogP contribution in [0.3, 0.4) is 0 Å². The van der Waals surface area contributed by atoms with Crippen LogP contribution in [0.4, 0.5) is 14.9 Å². The molecular formula is C19H22FN3O. The SMILES string of the molecule is CC(NC(=O)N1CCN(c2ccccc2)CC1)c1ccccc1F. The number of rotatable bonds is 3. The number of carbonyl (C=O) groups is 1. The van der Waals surface area contributed by atoms with E-state index in [9.17, 15) is 9.18 Å². The highest BCUT2D eigenvalue weighted by Crippen LogP contribution is 2.18. The number of hydrogen-bond donors (Lipinski definition) is 1. The third kappa shape index (κ3) is 3.67. The summed E-state index contributed by atoms with van der Waals surface area (Å²) >= 11 is 0. The molecule has 1 atom stereocenters. The molecule has 0 saturated carbocycles. The number of anilines is 1. The van der Waals surface area contributed by atoms with Crippen LogP contribution in [0.15, 0.2) is 54.6 Å². The Morgan fingerprint density at radius 1 is 1.00 bits per heavy atom. The van der Waals surface area contributed by atoms with Crippen molar-refractivity contribution in [3.63, 3.8) is 0 Å². The first-order valence-electron chi connectivity index (χ1n) is 8.25. The third-order valence-corrected chi connectivity index (χ3v) is 4.40. The topological polar surface area (TPSA) is 35.6 Å². The van der Waals surface area contributed by atoms with Gasteiger partial charge in [0.2, 0.25) is 0 Å². The molecule has 2 aromatic rings. The van der Waals surface area contributed by atoms with Gasteiger partial charge in [-0.25, -0.2) is 9.18 Å². The molecular weight excluding hydrogens is 305 g/mol. The maximum absolute atomic E-state index is 13.8. The summed E-state index contributed by atoms with van der Waals surface area (Å²) < 4.78 is 13.8. The van der Waals surface area contributed by atoms with Gasteiger partial charge in [-0.15, -0.1) is 0 Å². The van der Waals surface area contributed by atoms with Crippen LogP contribution in [-0.2, 0) is 0 Å². The van der Waals surface area contributed by atoms with Crippen LogP contribution in [0, 0.1) is 5.82 Å². The Hall–Kier alpha value is -2.56. The summed E-state index contributed by atoms with van der Waals surface area (Å²) in [6.07, 6.45) is 0. The molecule has 0 aromatic heterocycles. The molecule has 1 saturated heterocycles. The van der Waals surface area contributed by atoms with Crippen LogP contribution in [-0.4, -0.2) is 37.1 Å². The van der Waals surface area contributed by atoms with Crippen LogP contribution < -0.4 is 10.2 Å². The van der Waals surface area contributed by atoms with Crippen LogP contribution in [0.5, 0.6) is 0 Å². The Balaban J connectivity index is 1.55. The smallest absolute Gasteiger partial charge is 0.317 e. The maximum atomic E-state index is 13.8. The molecule has 4 nitrogen and oxygen atoms in total. The number of nitrogens with zero attached hydrogens (tertiary/aromatic N) is 2. The highest BCUT2D eigenvalue weighted by atomic mass is 19.1. The Bertz CT molecular complexity index is 684. The van der Waals surface area contributed by atoms with E-state index in [1.54, 1.807) is 30.0 Å². The zero-order valence-corrected chi connectivity index (χ0v) is 13.8. The lowest BCUT2D eigenvalue weighted by molar-refractivity contribution is 0.191. The summed E-state index contributed by atoms with van der Waals surface area (Å²) in [5, 5.41) is 2.89. The third-order valence-electron chi connectivity index (χ3n) is 4.40. The second-order valence-corrected chi connectivity index (χ2v) is 6.00. The molecule has 1 heterocycles. The van der Waals surface area contributed by atoms with Gasteiger partial charge < -0.3 is 15.1 Å². The van der Waals surface area contributed by atoms with Gasteiger partial charge in [0, 0.05) is 37.4 Å². The van der Waals surface area contributed by atoms with Gasteiger partial charge in [0.1, 0.15) is 5.82 Å². The van der Waals surface area contributed by atoms with E-state index >= 15 is 0 Å². The number of amides is 2. The number of para-hydroxylation sites is 1. The fraction of sp³-hybridized carbons (Fsp3) is 0.316. The molecule has 0 aliphatic carbocycles. The van der Waals surface area contributed by atoms with Gasteiger partial charge in [-0.2, -0.15) is 0 Å². The molecule has 126 valence electrons. The highest BCUT2D eigenvalue weighted by molar-refractivity contribution is 5.75. The van der Waals surface area contributed by atoms with Crippen molar-refractivity contribution < 1.29 is 9.18 Å². The zero-order chi connectivity index (χ0) is 16.9. The molecule has 0 spiro atoms. The second kappa shape index (κ2) is 7.34. The minimum absolute atomic E-state index is 0.140. The number of carbonyl (C=O) groups excluding carboxylic acids is 1. The Labute approximate surface area is 141 Å². The Kier molecular flexibility index (Phi) is 4.99. The second-order valence-electron chi connectivity index (χ2n) is 6.00. The first-order chi connectivity index (χ1) is 11.6. The first kappa shape index (κ1) is 16.3. The molecule has 1 aliphatic rings. The molecule has 24 heavy (non-hydrogen) atoms. The van der Waals surface area contributed by atoms with Gasteiger partial charge in [0.05, 0.1) is 6.04 Å². The molecule has 3 rings (SSSR count). The minimum Gasteiger partial charge on any atom is -0.368 e. The van der Waals surface area contributed by atoms with Crippen LogP contribution in [0.2, 0.25) is 0 Å². The van der Waals surface area contributed by atoms with Gasteiger partial charge >= 0.3 is 6.03 Å². The van der Waals surface area contributed by atoms with Gasteiger partial charge in [0.15, 0.2) is 0 Å². The number of nitrogens with one attached hydrogen (secondary N) is 1. The molecule has 2 aromatic carbocycles. The standard InChI is InChI=1S/C19H22FN3O/c1-15(17-9-5-6-10-18(17)20)21-19(24)23-13-11-22(12-14-23)16-7-3-2-4-8-16/h2-10,15H,11-14H2,1H3,(H,21,24). The normalized spacial score (nSPS) is 15.9. The van der Waals surface area contributed by atoms with E-state index in [4.69, 9.17) is 0 Å². The van der Waals surface area contributed by atoms with E-state index in [0.717, 1.165) is 13.1 Å². The quantitative estimate of drug-likeness (QED) is 0.937. The fourth-order valence-corrected chi connectivity index (χ4v) is 2.99. The predicted molar refractivity (Wildman–Crippen MR) is 93.6 cm³/mol. The fourth-order valence-electron chi connectivity index (χ4n) is 2.99. The van der Waals surface area contributed by atoms with E-state index in [0.29, 0.717) is 18.7 Å². The maximum Gasteiger partial charge on any atom is 0.317 e. The molecule has 5 heteroatoms. The van der Waals surface area contributed by atoms with Crippen LogP contribution in [0.25, 0.3) is 0 Å². The van der Waals surface area contributed by atoms with Crippen molar-refractivity contribution in [1.82, 2.24) is 10.2 Å². The van der Waals surface area contributed by atoms with Crippen molar-refractivity contribution in [2.45, 2.75) is 13.0 Å². The lowest BCUT2D eigenvalue weighted by Gasteiger charge is -2.36. The highest BCUT2D eigenvalue weighted by Gasteiger charge is 2.23. The average molecular weight is 327 g/mol. The van der Waals surface area contributed by atoms with Crippen molar-refractivity contribution in [2.24, 2.45) is 0 Å². The number of piperazine rings is 1. The molecule has 1 aliphatic heterocycles. The molecule has 1 N–H and O–H groups in total. The number of benzene rings is 2. The van der Waals surface area contributed by atoms with Crippen LogP contribution >= 0.6 is 0 Å². The van der Waals surface area contributed by atoms with Crippen LogP contribution in [0.1, 0.15) is 18.5 Å². The van der Waals surface area contributed by atoms with E-state index in [2.05, 4.69) is 22.3 Å². The monoisotopic (exact) mass is 327 g/mol. The molecule has 2 amide bonds. The molecule has 0 bridgehead atoms. The largest absolute Gasteiger partial charge is 0.368 e. The van der Waals surface area contributed by atoms with Gasteiger partial charge in [-0.1, -0.05) is 36.4 Å². The number of hydrogen-bond acceptors (Lipinski definition) is 2. The van der Waals surface area contributed by atoms with E-state index in [1.165, 1.54) is 11.8 Å². The summed E-state index contributed by atoms with van der Waals surface area (Å²) in [7, 11) is 0. The first-order valence-corrected chi connectivity index (χ1v) is 8.25. The van der Waals surface area contributed by atoms with Gasteiger partial charge in [-0.3, -0.25) is 0 Å². The van der Waals surface area contributed by atoms with E-state index in [1.807, 2.05) is 18.2 Å². The van der Waals surface area contributed by atoms with Crippen molar-refractivity contribution in [3.05, 3.63) is 66.0 Å². The Morgan fingerprint density at radius 2 is 1.62 bits per heavy atom. The number of urea groups is 1. The average Bonchev–Trinajstić information content (AvgIpc) is 2.63. The van der Waals surface area contributed by atoms with E-state index < -0.39 is 0 Å². The summed E-state index contributed by atoms with van der Waals surface area (Å²) in [5.41, 5.74) is 1.69. The van der Waals surface area contributed by atoms with E-state index in [-0.39, 0.29) is 17.9 Å². The van der Waals surface area contributed by atoms with Gasteiger partial charge in [-0.05, 0) is 25.1 Å². The lowest BCUT2D eigenvalue weighted by Crippen LogP contribution is -2.52. The minimum atomic E-state index is -0.356. The summed E-state index contributed by atoms with van der Waals surface area (Å²) in [5.74, 6) is -0.292.